The van der Waals surface area contributed by atoms with E-state index in [4.69, 9.17) is 9.26 Å². The van der Waals surface area contributed by atoms with Crippen LogP contribution in [0.1, 0.15) is 230 Å². The van der Waals surface area contributed by atoms with Gasteiger partial charge in [-0.05, 0) is 69.6 Å². The van der Waals surface area contributed by atoms with Gasteiger partial charge in [0.2, 0.25) is 0 Å². The van der Waals surface area contributed by atoms with Gasteiger partial charge in [0.25, 0.3) is 0 Å². The molecule has 326 valence electrons. The molecule has 0 unspecified atom stereocenters. The Kier molecular flexibility index (Phi) is 15.5. The van der Waals surface area contributed by atoms with Crippen molar-refractivity contribution in [1.29, 1.82) is 0 Å². The molecule has 0 saturated heterocycles. The monoisotopic (exact) mass is 823 g/mol. The molecule has 0 saturated carbocycles. The average molecular weight is 823 g/mol. The number of aromatic nitrogens is 4. The molecule has 8 heteroatoms. The molecule has 60 heavy (non-hydrogen) atoms. The summed E-state index contributed by atoms with van der Waals surface area (Å²) >= 11 is 0. The van der Waals surface area contributed by atoms with E-state index in [0.29, 0.717) is 55.4 Å². The molecule has 2 aliphatic carbocycles. The number of hydrogen-bond donors (Lipinski definition) is 0. The van der Waals surface area contributed by atoms with Crippen LogP contribution in [-0.4, -0.2) is 20.6 Å². The van der Waals surface area contributed by atoms with E-state index in [2.05, 4.69) is 60.5 Å². The van der Waals surface area contributed by atoms with Gasteiger partial charge in [-0.3, -0.25) is 0 Å². The van der Waals surface area contributed by atoms with Crippen molar-refractivity contribution < 1.29 is 18.0 Å². The predicted molar refractivity (Wildman–Crippen MR) is 241 cm³/mol. The third kappa shape index (κ3) is 8.56. The van der Waals surface area contributed by atoms with Gasteiger partial charge in [0.1, 0.15) is 33.7 Å². The summed E-state index contributed by atoms with van der Waals surface area (Å²) in [6, 6.07) is 8.12. The molecule has 3 aromatic carbocycles. The number of unbranched alkanes of at least 4 members (excludes halogenated alkanes) is 20. The molecule has 6 nitrogen and oxygen atoms in total. The summed E-state index contributed by atoms with van der Waals surface area (Å²) < 4.78 is 48.8. The van der Waals surface area contributed by atoms with Gasteiger partial charge >= 0.3 is 0 Å². The average Bonchev–Trinajstić information content (AvgIpc) is 4.05. The minimum absolute atomic E-state index is 0.288. The quantitative estimate of drug-likeness (QED) is 0.0468. The van der Waals surface area contributed by atoms with E-state index in [9.17, 15) is 0 Å². The minimum atomic E-state index is -0.715. The number of fused-ring (bicyclic) bond motifs is 10. The maximum absolute atomic E-state index is 19.0. The van der Waals surface area contributed by atoms with Crippen LogP contribution in [0.15, 0.2) is 33.5 Å². The minimum Gasteiger partial charge on any atom is -0.243 e. The van der Waals surface area contributed by atoms with Crippen molar-refractivity contribution in [3.05, 3.63) is 58.2 Å². The van der Waals surface area contributed by atoms with E-state index in [-0.39, 0.29) is 11.6 Å². The van der Waals surface area contributed by atoms with E-state index < -0.39 is 10.8 Å². The third-order valence-electron chi connectivity index (χ3n) is 14.6. The van der Waals surface area contributed by atoms with Crippen LogP contribution < -0.4 is 0 Å². The van der Waals surface area contributed by atoms with Crippen molar-refractivity contribution in [2.45, 2.75) is 218 Å². The van der Waals surface area contributed by atoms with Gasteiger partial charge < -0.3 is 0 Å². The van der Waals surface area contributed by atoms with Gasteiger partial charge in [0.05, 0.1) is 0 Å². The lowest BCUT2D eigenvalue weighted by Gasteiger charge is -2.35. The van der Waals surface area contributed by atoms with Crippen LogP contribution in [-0.2, 0) is 10.8 Å². The molecule has 0 aliphatic heterocycles. The van der Waals surface area contributed by atoms with Crippen LogP contribution >= 0.6 is 0 Å². The van der Waals surface area contributed by atoms with Gasteiger partial charge in [0, 0.05) is 44.2 Å². The molecular weight excluding hydrogens is 751 g/mol. The lowest BCUT2D eigenvalue weighted by atomic mass is 9.68. The van der Waals surface area contributed by atoms with Gasteiger partial charge in [0.15, 0.2) is 0 Å². The van der Waals surface area contributed by atoms with Crippen molar-refractivity contribution in [1.82, 2.24) is 20.6 Å². The zero-order valence-corrected chi connectivity index (χ0v) is 37.5. The fourth-order valence-corrected chi connectivity index (χ4v) is 11.5. The normalized spacial score (nSPS) is 14.6. The van der Waals surface area contributed by atoms with Crippen LogP contribution in [0.5, 0.6) is 0 Å². The van der Waals surface area contributed by atoms with Crippen molar-refractivity contribution in [2.24, 2.45) is 0 Å². The zero-order valence-electron chi connectivity index (χ0n) is 37.5. The molecule has 0 radical (unpaired) electrons. The smallest absolute Gasteiger partial charge is 0.143 e. The molecule has 0 amide bonds. The van der Waals surface area contributed by atoms with Crippen molar-refractivity contribution in [3.63, 3.8) is 0 Å². The highest BCUT2D eigenvalue weighted by Gasteiger charge is 2.54. The van der Waals surface area contributed by atoms with Gasteiger partial charge in [-0.2, -0.15) is 0 Å². The standard InChI is InChI=1S/C52H72F2N4O2/c1-5-9-13-17-21-25-33-51(34-26-22-18-14-10-6-2)37-29-31-39-49(57-59-55-39)41(37)43-45(51)47(53)44-42-38(30-32-40-50(42)58-60-56-40)52(46(44)48(43)54,35-27-23-19-15-11-7-3)36-28-24-20-16-12-8-4/h29-32H,5-28,33-36H2,1-4H3. The second-order valence-corrected chi connectivity index (χ2v) is 18.6. The number of nitrogens with zero attached hydrogens (tertiary/aromatic N) is 4. The molecule has 2 aliphatic rings. The fraction of sp³-hybridized carbons (Fsp3) is 0.654. The fourth-order valence-electron chi connectivity index (χ4n) is 11.5. The Labute approximate surface area is 358 Å². The highest BCUT2D eigenvalue weighted by Crippen LogP contribution is 2.64. The molecule has 2 heterocycles. The van der Waals surface area contributed by atoms with Crippen LogP contribution in [0.3, 0.4) is 0 Å². The molecule has 5 aromatic rings. The zero-order chi connectivity index (χ0) is 42.0. The highest BCUT2D eigenvalue weighted by atomic mass is 19.1. The Bertz CT molecular complexity index is 1970. The lowest BCUT2D eigenvalue weighted by molar-refractivity contribution is 0.315. The molecule has 7 rings (SSSR count). The van der Waals surface area contributed by atoms with Crippen molar-refractivity contribution in [3.8, 4) is 22.3 Å². The Morgan fingerprint density at radius 1 is 0.383 bits per heavy atom. The van der Waals surface area contributed by atoms with E-state index in [0.717, 1.165) is 114 Å². The number of hydrogen-bond acceptors (Lipinski definition) is 6. The van der Waals surface area contributed by atoms with E-state index >= 15 is 8.78 Å². The van der Waals surface area contributed by atoms with Crippen LogP contribution in [0, 0.1) is 11.6 Å². The highest BCUT2D eigenvalue weighted by molar-refractivity contribution is 6.04. The summed E-state index contributed by atoms with van der Waals surface area (Å²) in [5, 5.41) is 17.4. The topological polar surface area (TPSA) is 77.8 Å². The van der Waals surface area contributed by atoms with Crippen LogP contribution in [0.4, 0.5) is 8.78 Å². The molecule has 0 fully saturated rings. The Balaban J connectivity index is 1.44. The first-order valence-electron chi connectivity index (χ1n) is 24.6. The van der Waals surface area contributed by atoms with Crippen molar-refractivity contribution in [2.75, 3.05) is 0 Å². The lowest BCUT2D eigenvalue weighted by Crippen LogP contribution is -2.29. The first-order valence-corrected chi connectivity index (χ1v) is 24.6. The van der Waals surface area contributed by atoms with Gasteiger partial charge in [-0.15, -0.1) is 0 Å². The number of halogens is 2. The Morgan fingerprint density at radius 2 is 0.683 bits per heavy atom. The molecule has 0 N–H and O–H groups in total. The molecule has 0 spiro atoms. The van der Waals surface area contributed by atoms with Crippen molar-refractivity contribution >= 4 is 22.1 Å². The second kappa shape index (κ2) is 20.9. The van der Waals surface area contributed by atoms with E-state index in [1.54, 1.807) is 0 Å². The summed E-state index contributed by atoms with van der Waals surface area (Å²) in [5.74, 6) is -0.577. The third-order valence-corrected chi connectivity index (χ3v) is 14.6. The predicted octanol–water partition coefficient (Wildman–Crippen LogP) is 16.6. The second-order valence-electron chi connectivity index (χ2n) is 18.6. The summed E-state index contributed by atoms with van der Waals surface area (Å²) in [7, 11) is 0. The Morgan fingerprint density at radius 3 is 1.00 bits per heavy atom. The molecule has 0 atom stereocenters. The molecular formula is C52H72F2N4O2. The molecule has 0 bridgehead atoms. The number of rotatable bonds is 28. The Hall–Kier alpha value is -3.68. The summed E-state index contributed by atoms with van der Waals surface area (Å²) in [6.07, 6.45) is 30.1. The van der Waals surface area contributed by atoms with Crippen LogP contribution in [0.2, 0.25) is 0 Å². The summed E-state index contributed by atoms with van der Waals surface area (Å²) in [6.45, 7) is 8.98. The number of benzene rings is 3. The van der Waals surface area contributed by atoms with Gasteiger partial charge in [-0.25, -0.2) is 18.0 Å². The maximum atomic E-state index is 19.0. The van der Waals surface area contributed by atoms with Crippen LogP contribution in [0.25, 0.3) is 44.3 Å². The molecule has 2 aromatic heterocycles. The SMILES string of the molecule is CCCCCCCCC1(CCCCCCCC)c2ccc3nonc3c2-c2c(F)c3c(c(F)c21)-c1c(ccc2nonc12)C3(CCCCCCCC)CCCCCCCC. The summed E-state index contributed by atoms with van der Waals surface area (Å²) in [5.41, 5.74) is 6.00. The van der Waals surface area contributed by atoms with E-state index in [1.807, 2.05) is 12.1 Å². The first-order chi connectivity index (χ1) is 29.5. The largest absolute Gasteiger partial charge is 0.243 e. The van der Waals surface area contributed by atoms with E-state index in [1.165, 1.54) is 77.0 Å². The first kappa shape index (κ1) is 44.4. The summed E-state index contributed by atoms with van der Waals surface area (Å²) in [4.78, 5) is 0. The maximum Gasteiger partial charge on any atom is 0.143 e. The van der Waals surface area contributed by atoms with Gasteiger partial charge in [-0.1, -0.05) is 194 Å².